The highest BCUT2D eigenvalue weighted by molar-refractivity contribution is 9.10. The van der Waals surface area contributed by atoms with Gasteiger partial charge >= 0.3 is 0 Å². The Labute approximate surface area is 133 Å². The van der Waals surface area contributed by atoms with Crippen LogP contribution in [0.4, 0.5) is 17.1 Å². The number of nitrogens with two attached hydrogens (primary N) is 1. The SMILES string of the molecule is CCOc1ccc(Nc2cc(Br)ccc2N)cc1OCC. The first-order chi connectivity index (χ1) is 10.1. The van der Waals surface area contributed by atoms with Gasteiger partial charge in [-0.3, -0.25) is 0 Å². The molecule has 5 heteroatoms. The third-order valence-electron chi connectivity index (χ3n) is 2.84. The monoisotopic (exact) mass is 350 g/mol. The van der Waals surface area contributed by atoms with Crippen LogP contribution in [0.5, 0.6) is 11.5 Å². The molecule has 0 aliphatic heterocycles. The number of nitrogen functional groups attached to an aromatic ring is 1. The molecule has 4 nitrogen and oxygen atoms in total. The number of hydrogen-bond acceptors (Lipinski definition) is 4. The molecule has 0 fully saturated rings. The number of benzene rings is 2. The van der Waals surface area contributed by atoms with Crippen LogP contribution in [0.2, 0.25) is 0 Å². The normalized spacial score (nSPS) is 10.2. The van der Waals surface area contributed by atoms with Gasteiger partial charge < -0.3 is 20.5 Å². The fraction of sp³-hybridized carbons (Fsp3) is 0.250. The molecule has 2 aromatic carbocycles. The molecule has 3 N–H and O–H groups in total. The van der Waals surface area contributed by atoms with E-state index in [1.807, 2.05) is 50.2 Å². The molecule has 21 heavy (non-hydrogen) atoms. The Morgan fingerprint density at radius 3 is 2.43 bits per heavy atom. The predicted octanol–water partition coefficient (Wildman–Crippen LogP) is 4.57. The summed E-state index contributed by atoms with van der Waals surface area (Å²) < 4.78 is 12.1. The first-order valence-corrected chi connectivity index (χ1v) is 7.65. The second-order valence-corrected chi connectivity index (χ2v) is 5.30. The molecular weight excluding hydrogens is 332 g/mol. The molecule has 2 aromatic rings. The third kappa shape index (κ3) is 4.04. The van der Waals surface area contributed by atoms with Crippen LogP contribution in [0.15, 0.2) is 40.9 Å². The van der Waals surface area contributed by atoms with Crippen molar-refractivity contribution in [3.63, 3.8) is 0 Å². The van der Waals surface area contributed by atoms with Gasteiger partial charge in [-0.1, -0.05) is 15.9 Å². The number of anilines is 3. The van der Waals surface area contributed by atoms with Crippen molar-refractivity contribution in [1.82, 2.24) is 0 Å². The second kappa shape index (κ2) is 7.22. The Morgan fingerprint density at radius 1 is 1.00 bits per heavy atom. The quantitative estimate of drug-likeness (QED) is 0.749. The van der Waals surface area contributed by atoms with Gasteiger partial charge in [0.15, 0.2) is 11.5 Å². The van der Waals surface area contributed by atoms with Crippen LogP contribution in [0.25, 0.3) is 0 Å². The van der Waals surface area contributed by atoms with E-state index in [9.17, 15) is 0 Å². The van der Waals surface area contributed by atoms with Crippen LogP contribution >= 0.6 is 15.9 Å². The summed E-state index contributed by atoms with van der Waals surface area (Å²) in [5.41, 5.74) is 8.40. The minimum absolute atomic E-state index is 0.586. The Balaban J connectivity index is 2.27. The smallest absolute Gasteiger partial charge is 0.163 e. The molecule has 0 bridgehead atoms. The molecule has 0 radical (unpaired) electrons. The van der Waals surface area contributed by atoms with E-state index in [0.29, 0.717) is 18.9 Å². The lowest BCUT2D eigenvalue weighted by atomic mass is 10.2. The summed E-state index contributed by atoms with van der Waals surface area (Å²) in [6, 6.07) is 11.4. The largest absolute Gasteiger partial charge is 0.490 e. The minimum Gasteiger partial charge on any atom is -0.490 e. The van der Waals surface area contributed by atoms with Crippen LogP contribution in [-0.2, 0) is 0 Å². The molecule has 0 aromatic heterocycles. The average molecular weight is 351 g/mol. The number of hydrogen-bond donors (Lipinski definition) is 2. The van der Waals surface area contributed by atoms with Crippen molar-refractivity contribution in [2.24, 2.45) is 0 Å². The molecule has 0 heterocycles. The maximum absolute atomic E-state index is 5.97. The van der Waals surface area contributed by atoms with Gasteiger partial charge in [-0.15, -0.1) is 0 Å². The maximum atomic E-state index is 5.97. The summed E-state index contributed by atoms with van der Waals surface area (Å²) in [6.45, 7) is 5.08. The molecule has 0 spiro atoms. The van der Waals surface area contributed by atoms with Crippen molar-refractivity contribution in [2.75, 3.05) is 24.3 Å². The lowest BCUT2D eigenvalue weighted by molar-refractivity contribution is 0.288. The van der Waals surface area contributed by atoms with E-state index in [4.69, 9.17) is 15.2 Å². The van der Waals surface area contributed by atoms with Crippen molar-refractivity contribution < 1.29 is 9.47 Å². The van der Waals surface area contributed by atoms with Gasteiger partial charge in [-0.25, -0.2) is 0 Å². The molecule has 0 atom stereocenters. The number of rotatable bonds is 6. The van der Waals surface area contributed by atoms with E-state index in [1.165, 1.54) is 0 Å². The second-order valence-electron chi connectivity index (χ2n) is 4.38. The summed E-state index contributed by atoms with van der Waals surface area (Å²) in [7, 11) is 0. The molecule has 0 aliphatic carbocycles. The topological polar surface area (TPSA) is 56.5 Å². The molecule has 0 saturated carbocycles. The van der Waals surface area contributed by atoms with Gasteiger partial charge in [-0.2, -0.15) is 0 Å². The van der Waals surface area contributed by atoms with E-state index in [0.717, 1.165) is 27.3 Å². The van der Waals surface area contributed by atoms with Gasteiger partial charge in [0.05, 0.1) is 24.6 Å². The summed E-state index contributed by atoms with van der Waals surface area (Å²) in [4.78, 5) is 0. The first kappa shape index (κ1) is 15.5. The van der Waals surface area contributed by atoms with E-state index in [2.05, 4.69) is 21.2 Å². The van der Waals surface area contributed by atoms with Gasteiger partial charge in [0, 0.05) is 16.2 Å². The van der Waals surface area contributed by atoms with Crippen molar-refractivity contribution in [2.45, 2.75) is 13.8 Å². The van der Waals surface area contributed by atoms with Gasteiger partial charge in [0.25, 0.3) is 0 Å². The Morgan fingerprint density at radius 2 is 1.71 bits per heavy atom. The van der Waals surface area contributed by atoms with Crippen molar-refractivity contribution in [3.8, 4) is 11.5 Å². The van der Waals surface area contributed by atoms with Crippen molar-refractivity contribution >= 4 is 33.0 Å². The molecule has 0 unspecified atom stereocenters. The first-order valence-electron chi connectivity index (χ1n) is 6.85. The summed E-state index contributed by atoms with van der Waals surface area (Å²) in [5, 5.41) is 3.29. The van der Waals surface area contributed by atoms with Gasteiger partial charge in [-0.05, 0) is 44.2 Å². The van der Waals surface area contributed by atoms with Gasteiger partial charge in [0.1, 0.15) is 0 Å². The molecule has 0 aliphatic rings. The lowest BCUT2D eigenvalue weighted by Crippen LogP contribution is -2.00. The molecule has 0 saturated heterocycles. The maximum Gasteiger partial charge on any atom is 0.163 e. The summed E-state index contributed by atoms with van der Waals surface area (Å²) in [6.07, 6.45) is 0. The van der Waals surface area contributed by atoms with Crippen LogP contribution in [0.1, 0.15) is 13.8 Å². The van der Waals surface area contributed by atoms with Crippen LogP contribution in [0, 0.1) is 0 Å². The van der Waals surface area contributed by atoms with E-state index < -0.39 is 0 Å². The Kier molecular flexibility index (Phi) is 5.33. The number of halogens is 1. The fourth-order valence-electron chi connectivity index (χ4n) is 1.92. The van der Waals surface area contributed by atoms with E-state index in [1.54, 1.807) is 0 Å². The summed E-state index contributed by atoms with van der Waals surface area (Å²) in [5.74, 6) is 1.46. The fourth-order valence-corrected chi connectivity index (χ4v) is 2.28. The number of ether oxygens (including phenoxy) is 2. The minimum atomic E-state index is 0.586. The lowest BCUT2D eigenvalue weighted by Gasteiger charge is -2.14. The summed E-state index contributed by atoms with van der Waals surface area (Å²) >= 11 is 3.44. The number of nitrogens with one attached hydrogen (secondary N) is 1. The highest BCUT2D eigenvalue weighted by Crippen LogP contribution is 2.33. The molecule has 2 rings (SSSR count). The van der Waals surface area contributed by atoms with Crippen LogP contribution in [-0.4, -0.2) is 13.2 Å². The van der Waals surface area contributed by atoms with E-state index >= 15 is 0 Å². The molecular formula is C16H19BrN2O2. The third-order valence-corrected chi connectivity index (χ3v) is 3.33. The molecule has 0 amide bonds. The average Bonchev–Trinajstić information content (AvgIpc) is 2.46. The zero-order valence-electron chi connectivity index (χ0n) is 12.2. The highest BCUT2D eigenvalue weighted by atomic mass is 79.9. The van der Waals surface area contributed by atoms with E-state index in [-0.39, 0.29) is 0 Å². The standard InChI is InChI=1S/C16H19BrN2O2/c1-3-20-15-8-6-12(10-16(15)21-4-2)19-14-9-11(17)5-7-13(14)18/h5-10,19H,3-4,18H2,1-2H3. The zero-order chi connectivity index (χ0) is 15.2. The predicted molar refractivity (Wildman–Crippen MR) is 90.6 cm³/mol. The van der Waals surface area contributed by atoms with Crippen LogP contribution in [0.3, 0.4) is 0 Å². The van der Waals surface area contributed by atoms with Gasteiger partial charge in [0.2, 0.25) is 0 Å². The highest BCUT2D eigenvalue weighted by Gasteiger charge is 2.07. The van der Waals surface area contributed by atoms with Crippen molar-refractivity contribution in [3.05, 3.63) is 40.9 Å². The van der Waals surface area contributed by atoms with Crippen LogP contribution < -0.4 is 20.5 Å². The zero-order valence-corrected chi connectivity index (χ0v) is 13.7. The Hall–Kier alpha value is -1.88. The molecule has 112 valence electrons. The Bertz CT molecular complexity index is 617. The van der Waals surface area contributed by atoms with Crippen molar-refractivity contribution in [1.29, 1.82) is 0 Å².